The second kappa shape index (κ2) is 5.10. The van der Waals surface area contributed by atoms with Crippen molar-refractivity contribution in [2.45, 2.75) is 17.7 Å². The number of rotatable bonds is 2. The molecule has 0 spiro atoms. The van der Waals surface area contributed by atoms with Gasteiger partial charge in [0.25, 0.3) is 10.0 Å². The molecule has 3 rings (SSSR count). The number of fused-ring (bicyclic) bond motifs is 1. The van der Waals surface area contributed by atoms with Crippen LogP contribution in [-0.4, -0.2) is 40.7 Å². The zero-order valence-electron chi connectivity index (χ0n) is 11.3. The number of sulfone groups is 1. The molecule has 1 aromatic rings. The summed E-state index contributed by atoms with van der Waals surface area (Å²) in [7, 11) is -6.38. The van der Waals surface area contributed by atoms with Gasteiger partial charge in [-0.25, -0.2) is 16.8 Å². The fourth-order valence-electron chi connectivity index (χ4n) is 2.59. The van der Waals surface area contributed by atoms with Gasteiger partial charge in [-0.3, -0.25) is 9.71 Å². The minimum absolute atomic E-state index is 0.193. The van der Waals surface area contributed by atoms with E-state index in [0.717, 1.165) is 0 Å². The van der Waals surface area contributed by atoms with Crippen molar-refractivity contribution < 1.29 is 16.8 Å². The lowest BCUT2D eigenvalue weighted by Gasteiger charge is -2.20. The molecule has 1 aromatic carbocycles. The van der Waals surface area contributed by atoms with Gasteiger partial charge in [-0.15, -0.1) is 0 Å². The molecule has 21 heavy (non-hydrogen) atoms. The number of nitrogens with one attached hydrogen (secondary N) is 1. The van der Waals surface area contributed by atoms with E-state index >= 15 is 0 Å². The molecule has 0 aliphatic carbocycles. The fourth-order valence-corrected chi connectivity index (χ4v) is 5.43. The maximum absolute atomic E-state index is 11.9. The van der Waals surface area contributed by atoms with Crippen LogP contribution in [0.2, 0.25) is 0 Å². The highest BCUT2D eigenvalue weighted by Gasteiger charge is 2.30. The lowest BCUT2D eigenvalue weighted by Crippen LogP contribution is -2.27. The topological polar surface area (TPSA) is 92.7 Å². The van der Waals surface area contributed by atoms with Crippen molar-refractivity contribution in [3.8, 4) is 0 Å². The average molecular weight is 328 g/mol. The second-order valence-electron chi connectivity index (χ2n) is 5.39. The highest BCUT2D eigenvalue weighted by molar-refractivity contribution is 7.91. The predicted octanol–water partition coefficient (Wildman–Crippen LogP) is 0.550. The molecule has 0 saturated carbocycles. The quantitative estimate of drug-likeness (QED) is 0.858. The summed E-state index contributed by atoms with van der Waals surface area (Å²) < 4.78 is 49.1. The van der Waals surface area contributed by atoms with Crippen molar-refractivity contribution in [2.75, 3.05) is 18.1 Å². The molecule has 0 bridgehead atoms. The summed E-state index contributed by atoms with van der Waals surface area (Å²) in [5, 5.41) is 0. The number of aliphatic imine (C=N–C) groups is 1. The molecule has 8 heteroatoms. The molecular formula is C13H16N2O4S2. The van der Waals surface area contributed by atoms with Crippen LogP contribution in [-0.2, 0) is 19.9 Å². The number of benzene rings is 1. The summed E-state index contributed by atoms with van der Waals surface area (Å²) >= 11 is 0. The van der Waals surface area contributed by atoms with Crippen LogP contribution in [0.3, 0.4) is 0 Å². The van der Waals surface area contributed by atoms with Crippen LogP contribution in [0.4, 0.5) is 0 Å². The van der Waals surface area contributed by atoms with E-state index in [4.69, 9.17) is 0 Å². The Morgan fingerprint density at radius 1 is 1.10 bits per heavy atom. The number of hydrogen-bond acceptors (Lipinski definition) is 5. The first kappa shape index (κ1) is 14.5. The van der Waals surface area contributed by atoms with Crippen molar-refractivity contribution >= 4 is 25.7 Å². The molecule has 2 heterocycles. The molecule has 114 valence electrons. The van der Waals surface area contributed by atoms with Gasteiger partial charge in [-0.05, 0) is 30.9 Å². The number of hydrogen-bond donors (Lipinski definition) is 1. The first-order chi connectivity index (χ1) is 9.87. The highest BCUT2D eigenvalue weighted by atomic mass is 32.2. The summed E-state index contributed by atoms with van der Waals surface area (Å²) in [5.41, 5.74) is 0.584. The molecule has 0 radical (unpaired) electrons. The van der Waals surface area contributed by atoms with E-state index in [-0.39, 0.29) is 22.3 Å². The van der Waals surface area contributed by atoms with Crippen molar-refractivity contribution in [3.05, 3.63) is 29.8 Å². The van der Waals surface area contributed by atoms with Crippen molar-refractivity contribution in [1.82, 2.24) is 4.72 Å². The fraction of sp³-hybridized carbons (Fsp3) is 0.462. The Bertz CT molecular complexity index is 783. The van der Waals surface area contributed by atoms with Gasteiger partial charge in [0.2, 0.25) is 0 Å². The molecule has 6 nitrogen and oxygen atoms in total. The Kier molecular flexibility index (Phi) is 3.53. The summed E-state index contributed by atoms with van der Waals surface area (Å²) in [5.74, 6) is 0.952. The normalized spacial score (nSPS) is 25.4. The van der Waals surface area contributed by atoms with E-state index in [9.17, 15) is 16.8 Å². The van der Waals surface area contributed by atoms with Crippen LogP contribution < -0.4 is 4.72 Å². The molecular weight excluding hydrogens is 312 g/mol. The molecule has 2 aliphatic heterocycles. The Labute approximate surface area is 124 Å². The van der Waals surface area contributed by atoms with Crippen molar-refractivity contribution in [2.24, 2.45) is 10.9 Å². The van der Waals surface area contributed by atoms with Gasteiger partial charge in [0, 0.05) is 12.1 Å². The van der Waals surface area contributed by atoms with E-state index < -0.39 is 19.9 Å². The standard InChI is InChI=1S/C13H16N2O4S2/c16-20(17)7-5-10(6-8-20)9-14-13-11-3-1-2-4-12(11)21(18,19)15-13/h1-4,10H,5-9H2,(H,14,15). The van der Waals surface area contributed by atoms with Crippen molar-refractivity contribution in [3.63, 3.8) is 0 Å². The maximum Gasteiger partial charge on any atom is 0.263 e. The lowest BCUT2D eigenvalue weighted by molar-refractivity contribution is 0.475. The van der Waals surface area contributed by atoms with Gasteiger partial charge in [0.1, 0.15) is 15.7 Å². The number of nitrogens with zero attached hydrogens (tertiary/aromatic N) is 1. The molecule has 1 saturated heterocycles. The van der Waals surface area contributed by atoms with Crippen LogP contribution in [0, 0.1) is 5.92 Å². The van der Waals surface area contributed by atoms with Gasteiger partial charge in [0.15, 0.2) is 0 Å². The van der Waals surface area contributed by atoms with E-state index in [1.165, 1.54) is 0 Å². The van der Waals surface area contributed by atoms with Gasteiger partial charge < -0.3 is 0 Å². The van der Waals surface area contributed by atoms with Crippen LogP contribution in [0.15, 0.2) is 34.2 Å². The third-order valence-corrected chi connectivity index (χ3v) is 6.96. The summed E-state index contributed by atoms with van der Waals surface area (Å²) in [4.78, 5) is 4.61. The monoisotopic (exact) mass is 328 g/mol. The van der Waals surface area contributed by atoms with Gasteiger partial charge in [-0.1, -0.05) is 12.1 Å². The van der Waals surface area contributed by atoms with Crippen LogP contribution in [0.1, 0.15) is 18.4 Å². The largest absolute Gasteiger partial charge is 0.267 e. The minimum Gasteiger partial charge on any atom is -0.267 e. The smallest absolute Gasteiger partial charge is 0.263 e. The first-order valence-electron chi connectivity index (χ1n) is 6.74. The zero-order valence-corrected chi connectivity index (χ0v) is 13.0. The average Bonchev–Trinajstić information content (AvgIpc) is 2.70. The van der Waals surface area contributed by atoms with E-state index in [2.05, 4.69) is 9.71 Å². The third kappa shape index (κ3) is 2.96. The van der Waals surface area contributed by atoms with Crippen molar-refractivity contribution in [1.29, 1.82) is 0 Å². The third-order valence-electron chi connectivity index (χ3n) is 3.84. The van der Waals surface area contributed by atoms with E-state index in [1.54, 1.807) is 24.3 Å². The summed E-state index contributed by atoms with van der Waals surface area (Å²) in [6.45, 7) is 0.446. The van der Waals surface area contributed by atoms with Crippen LogP contribution in [0.5, 0.6) is 0 Å². The maximum atomic E-state index is 11.9. The highest BCUT2D eigenvalue weighted by Crippen LogP contribution is 2.24. The second-order valence-corrected chi connectivity index (χ2v) is 9.34. The van der Waals surface area contributed by atoms with Crippen LogP contribution in [0.25, 0.3) is 0 Å². The summed E-state index contributed by atoms with van der Waals surface area (Å²) in [6, 6.07) is 6.71. The van der Waals surface area contributed by atoms with Gasteiger partial charge in [-0.2, -0.15) is 0 Å². The molecule has 0 amide bonds. The van der Waals surface area contributed by atoms with E-state index in [0.29, 0.717) is 30.8 Å². The van der Waals surface area contributed by atoms with Gasteiger partial charge >= 0.3 is 0 Å². The molecule has 2 aliphatic rings. The van der Waals surface area contributed by atoms with Gasteiger partial charge in [0.05, 0.1) is 16.4 Å². The van der Waals surface area contributed by atoms with Crippen LogP contribution >= 0.6 is 0 Å². The zero-order chi connectivity index (χ0) is 15.1. The minimum atomic E-state index is -3.50. The predicted molar refractivity (Wildman–Crippen MR) is 79.5 cm³/mol. The molecule has 0 aromatic heterocycles. The Hall–Kier alpha value is -1.41. The molecule has 0 unspecified atom stereocenters. The van der Waals surface area contributed by atoms with E-state index in [1.807, 2.05) is 0 Å². The Morgan fingerprint density at radius 2 is 1.76 bits per heavy atom. The summed E-state index contributed by atoms with van der Waals surface area (Å²) in [6.07, 6.45) is 1.18. The first-order valence-corrected chi connectivity index (χ1v) is 10.0. The Balaban J connectivity index is 1.77. The molecule has 1 fully saturated rings. The molecule has 0 atom stereocenters. The SMILES string of the molecule is O=S1(=O)CCC(CN=C2NS(=O)(=O)c3ccccc32)CC1. The lowest BCUT2D eigenvalue weighted by atomic mass is 10.0. The number of amidine groups is 1. The Morgan fingerprint density at radius 3 is 2.48 bits per heavy atom. The molecule has 1 N–H and O–H groups in total. The number of sulfonamides is 1.